The maximum atomic E-state index is 13.2. The lowest BCUT2D eigenvalue weighted by Crippen LogP contribution is -2.38. The molecule has 0 amide bonds. The average molecular weight is 533 g/mol. The van der Waals surface area contributed by atoms with Crippen LogP contribution in [0.25, 0.3) is 10.8 Å². The molecule has 2 aliphatic rings. The van der Waals surface area contributed by atoms with Gasteiger partial charge in [0.05, 0.1) is 0 Å². The predicted octanol–water partition coefficient (Wildman–Crippen LogP) is 7.68. The molecule has 0 radical (unpaired) electrons. The van der Waals surface area contributed by atoms with Crippen molar-refractivity contribution >= 4 is 22.2 Å². The van der Waals surface area contributed by atoms with Gasteiger partial charge >= 0.3 is 0 Å². The lowest BCUT2D eigenvalue weighted by atomic mass is 9.89. The number of aryl methyl sites for hydroxylation is 1. The van der Waals surface area contributed by atoms with Gasteiger partial charge in [-0.05, 0) is 85.4 Å². The number of ether oxygens (including phenoxy) is 1. The first-order valence-electron chi connectivity index (χ1n) is 14.9. The van der Waals surface area contributed by atoms with Crippen LogP contribution in [-0.2, 0) is 6.54 Å². The number of ketones is 1. The number of hydrogen-bond acceptors (Lipinski definition) is 4. The van der Waals surface area contributed by atoms with Crippen LogP contribution in [0.2, 0.25) is 0 Å². The Balaban J connectivity index is 0.997. The van der Waals surface area contributed by atoms with Crippen LogP contribution >= 0.6 is 0 Å². The van der Waals surface area contributed by atoms with Gasteiger partial charge in [-0.1, -0.05) is 66.2 Å². The number of nitrogens with zero attached hydrogens (tertiary/aromatic N) is 2. The Hall–Kier alpha value is -3.63. The molecule has 0 atom stereocenters. The number of Topliss-reactive ketones (excluding diaryl/α,β-unsaturated/α-hetero) is 1. The number of fused-ring (bicyclic) bond motifs is 1. The highest BCUT2D eigenvalue weighted by atomic mass is 16.5. The van der Waals surface area contributed by atoms with Crippen LogP contribution in [0.5, 0.6) is 5.75 Å². The van der Waals surface area contributed by atoms with Crippen molar-refractivity contribution in [2.45, 2.75) is 51.7 Å². The van der Waals surface area contributed by atoms with E-state index in [4.69, 9.17) is 4.74 Å². The van der Waals surface area contributed by atoms with Crippen molar-refractivity contribution < 1.29 is 9.53 Å². The van der Waals surface area contributed by atoms with Gasteiger partial charge in [-0.15, -0.1) is 0 Å². The predicted molar refractivity (Wildman–Crippen MR) is 164 cm³/mol. The van der Waals surface area contributed by atoms with Gasteiger partial charge in [0.2, 0.25) is 0 Å². The van der Waals surface area contributed by atoms with Crippen LogP contribution in [0.1, 0.15) is 53.6 Å². The molecule has 4 nitrogen and oxygen atoms in total. The molecule has 2 aliphatic heterocycles. The van der Waals surface area contributed by atoms with E-state index in [0.717, 1.165) is 80.5 Å². The quantitative estimate of drug-likeness (QED) is 0.218. The van der Waals surface area contributed by atoms with Crippen molar-refractivity contribution in [2.24, 2.45) is 5.92 Å². The Kier molecular flexibility index (Phi) is 8.15. The summed E-state index contributed by atoms with van der Waals surface area (Å²) >= 11 is 0. The normalized spacial score (nSPS) is 17.3. The summed E-state index contributed by atoms with van der Waals surface area (Å²) in [5.74, 6) is 1.66. The monoisotopic (exact) mass is 532 g/mol. The first kappa shape index (κ1) is 26.6. The van der Waals surface area contributed by atoms with Crippen molar-refractivity contribution in [1.29, 1.82) is 0 Å². The van der Waals surface area contributed by atoms with E-state index < -0.39 is 0 Å². The lowest BCUT2D eigenvalue weighted by Gasteiger charge is -2.33. The largest absolute Gasteiger partial charge is 0.490 e. The highest BCUT2D eigenvalue weighted by molar-refractivity contribution is 6.00. The Bertz CT molecular complexity index is 1420. The van der Waals surface area contributed by atoms with Gasteiger partial charge in [0.1, 0.15) is 11.9 Å². The number of carbonyl (C=O) groups excluding carboxylic acids is 1. The van der Waals surface area contributed by atoms with Crippen molar-refractivity contribution in [3.05, 3.63) is 108 Å². The highest BCUT2D eigenvalue weighted by Gasteiger charge is 2.23. The van der Waals surface area contributed by atoms with E-state index in [2.05, 4.69) is 102 Å². The summed E-state index contributed by atoms with van der Waals surface area (Å²) in [5, 5.41) is 2.23. The summed E-state index contributed by atoms with van der Waals surface area (Å²) in [5.41, 5.74) is 4.79. The van der Waals surface area contributed by atoms with E-state index in [-0.39, 0.29) is 11.9 Å². The Morgan fingerprint density at radius 2 is 1.48 bits per heavy atom. The second kappa shape index (κ2) is 12.3. The summed E-state index contributed by atoms with van der Waals surface area (Å²) in [6.07, 6.45) is 5.11. The molecule has 0 spiro atoms. The Morgan fingerprint density at radius 3 is 2.23 bits per heavy atom. The van der Waals surface area contributed by atoms with E-state index in [9.17, 15) is 4.79 Å². The third kappa shape index (κ3) is 6.56. The van der Waals surface area contributed by atoms with Crippen molar-refractivity contribution in [1.82, 2.24) is 4.90 Å². The van der Waals surface area contributed by atoms with E-state index in [1.165, 1.54) is 16.8 Å². The minimum atomic E-state index is 0.235. The van der Waals surface area contributed by atoms with E-state index in [0.29, 0.717) is 12.3 Å². The third-order valence-electron chi connectivity index (χ3n) is 8.71. The van der Waals surface area contributed by atoms with Crippen LogP contribution in [-0.4, -0.2) is 43.0 Å². The third-order valence-corrected chi connectivity index (χ3v) is 8.71. The second-order valence-corrected chi connectivity index (χ2v) is 11.7. The van der Waals surface area contributed by atoms with Crippen LogP contribution < -0.4 is 9.64 Å². The number of anilines is 1. The van der Waals surface area contributed by atoms with Gasteiger partial charge in [0, 0.05) is 50.1 Å². The lowest BCUT2D eigenvalue weighted by molar-refractivity contribution is 0.0925. The topological polar surface area (TPSA) is 32.8 Å². The molecular formula is C36H40N2O2. The molecule has 4 aromatic rings. The number of piperidine rings is 2. The molecule has 4 aromatic carbocycles. The zero-order valence-corrected chi connectivity index (χ0v) is 23.6. The SMILES string of the molecule is Cc1ccc(N2CCC(Oc3ccc4cc(C(=O)CC5CCN(Cc6ccccc6)CC5)ccc4c3)CC2)cc1. The maximum Gasteiger partial charge on any atom is 0.163 e. The van der Waals surface area contributed by atoms with Crippen molar-refractivity contribution in [3.8, 4) is 5.75 Å². The fraction of sp³-hybridized carbons (Fsp3) is 0.361. The highest BCUT2D eigenvalue weighted by Crippen LogP contribution is 2.28. The zero-order chi connectivity index (χ0) is 27.3. The Morgan fingerprint density at radius 1 is 0.775 bits per heavy atom. The molecule has 2 heterocycles. The van der Waals surface area contributed by atoms with Gasteiger partial charge in [-0.3, -0.25) is 9.69 Å². The minimum absolute atomic E-state index is 0.235. The molecule has 4 heteroatoms. The van der Waals surface area contributed by atoms with Crippen LogP contribution in [0.15, 0.2) is 91.0 Å². The number of likely N-dealkylation sites (tertiary alicyclic amines) is 1. The van der Waals surface area contributed by atoms with Gasteiger partial charge in [-0.2, -0.15) is 0 Å². The van der Waals surface area contributed by atoms with Gasteiger partial charge in [0.15, 0.2) is 5.78 Å². The van der Waals surface area contributed by atoms with Gasteiger partial charge < -0.3 is 9.64 Å². The first-order chi connectivity index (χ1) is 19.6. The summed E-state index contributed by atoms with van der Waals surface area (Å²) in [6, 6.07) is 31.9. The summed E-state index contributed by atoms with van der Waals surface area (Å²) in [4.78, 5) is 18.1. The minimum Gasteiger partial charge on any atom is -0.490 e. The van der Waals surface area contributed by atoms with E-state index in [1.807, 2.05) is 6.07 Å². The Labute approximate surface area is 238 Å². The first-order valence-corrected chi connectivity index (χ1v) is 14.9. The fourth-order valence-corrected chi connectivity index (χ4v) is 6.22. The van der Waals surface area contributed by atoms with Crippen LogP contribution in [0, 0.1) is 12.8 Å². The molecule has 0 aromatic heterocycles. The number of rotatable bonds is 8. The molecule has 2 saturated heterocycles. The van der Waals surface area contributed by atoms with Gasteiger partial charge in [-0.25, -0.2) is 0 Å². The molecule has 206 valence electrons. The summed E-state index contributed by atoms with van der Waals surface area (Å²) in [7, 11) is 0. The molecule has 0 N–H and O–H groups in total. The second-order valence-electron chi connectivity index (χ2n) is 11.7. The number of carbonyl (C=O) groups is 1. The number of hydrogen-bond donors (Lipinski definition) is 0. The van der Waals surface area contributed by atoms with Gasteiger partial charge in [0.25, 0.3) is 0 Å². The summed E-state index contributed by atoms with van der Waals surface area (Å²) in [6.45, 7) is 7.29. The van der Waals surface area contributed by atoms with Crippen molar-refractivity contribution in [3.63, 3.8) is 0 Å². The smallest absolute Gasteiger partial charge is 0.163 e. The molecule has 6 rings (SSSR count). The summed E-state index contributed by atoms with van der Waals surface area (Å²) < 4.78 is 6.39. The molecule has 0 unspecified atom stereocenters. The molecule has 0 saturated carbocycles. The standard InChI is InChI=1S/C36H40N2O2/c1-27-7-12-33(13-8-27)38-21-17-34(18-22-38)40-35-14-11-30-24-32(10-9-31(30)25-35)36(39)23-28-15-19-37(20-16-28)26-29-5-3-2-4-6-29/h2-14,24-25,28,34H,15-23,26H2,1H3. The molecule has 40 heavy (non-hydrogen) atoms. The van der Waals surface area contributed by atoms with Crippen LogP contribution in [0.3, 0.4) is 0 Å². The average Bonchev–Trinajstić information content (AvgIpc) is 2.99. The van der Waals surface area contributed by atoms with E-state index in [1.54, 1.807) is 0 Å². The van der Waals surface area contributed by atoms with Crippen LogP contribution in [0.4, 0.5) is 5.69 Å². The number of benzene rings is 4. The fourth-order valence-electron chi connectivity index (χ4n) is 6.22. The maximum absolute atomic E-state index is 13.2. The van der Waals surface area contributed by atoms with Crippen molar-refractivity contribution in [2.75, 3.05) is 31.1 Å². The van der Waals surface area contributed by atoms with E-state index >= 15 is 0 Å². The molecule has 0 bridgehead atoms. The molecular weight excluding hydrogens is 492 g/mol. The molecule has 2 fully saturated rings. The zero-order valence-electron chi connectivity index (χ0n) is 23.6. The molecule has 0 aliphatic carbocycles.